The van der Waals surface area contributed by atoms with Crippen molar-refractivity contribution >= 4 is 23.6 Å². The summed E-state index contributed by atoms with van der Waals surface area (Å²) in [6.07, 6.45) is 0.249. The molecular formula is C19H24N4O5. The quantitative estimate of drug-likeness (QED) is 0.382. The first-order valence-electron chi connectivity index (χ1n) is 9.31. The van der Waals surface area contributed by atoms with Crippen molar-refractivity contribution in [1.82, 2.24) is 20.9 Å². The van der Waals surface area contributed by atoms with Crippen molar-refractivity contribution in [3.8, 4) is 0 Å². The van der Waals surface area contributed by atoms with Gasteiger partial charge in [0.05, 0.1) is 24.3 Å². The van der Waals surface area contributed by atoms with Gasteiger partial charge >= 0.3 is 0 Å². The second-order valence-electron chi connectivity index (χ2n) is 6.68. The molecule has 0 aromatic heterocycles. The fourth-order valence-corrected chi connectivity index (χ4v) is 3.38. The van der Waals surface area contributed by atoms with E-state index in [2.05, 4.69) is 16.0 Å². The summed E-state index contributed by atoms with van der Waals surface area (Å²) in [5.74, 6) is -1.98. The first-order valence-corrected chi connectivity index (χ1v) is 9.31. The number of likely N-dealkylation sites (N-methyl/N-ethyl adjacent to an activating group) is 1. The Morgan fingerprint density at radius 1 is 1.14 bits per heavy atom. The molecule has 2 heterocycles. The molecule has 1 aromatic rings. The van der Waals surface area contributed by atoms with Gasteiger partial charge in [-0.25, -0.2) is 0 Å². The maximum atomic E-state index is 12.9. The molecule has 150 valence electrons. The monoisotopic (exact) mass is 388 g/mol. The van der Waals surface area contributed by atoms with E-state index in [-0.39, 0.29) is 18.7 Å². The summed E-state index contributed by atoms with van der Waals surface area (Å²) in [6.45, 7) is 2.94. The topological polar surface area (TPSA) is 117 Å². The SMILES string of the molecule is CNCCOCCNCc1cccc2c1C(=O)N(C1CCC(=O)NC1=O)C2=O. The molecule has 0 bridgehead atoms. The largest absolute Gasteiger partial charge is 0.379 e. The molecule has 0 radical (unpaired) electrons. The zero-order chi connectivity index (χ0) is 20.1. The highest BCUT2D eigenvalue weighted by molar-refractivity contribution is 6.24. The van der Waals surface area contributed by atoms with Crippen LogP contribution in [-0.2, 0) is 20.9 Å². The molecule has 1 unspecified atom stereocenters. The van der Waals surface area contributed by atoms with E-state index in [0.717, 1.165) is 11.4 Å². The number of amides is 4. The normalized spacial score (nSPS) is 19.2. The van der Waals surface area contributed by atoms with Crippen LogP contribution < -0.4 is 16.0 Å². The maximum absolute atomic E-state index is 12.9. The molecule has 0 aliphatic carbocycles. The van der Waals surface area contributed by atoms with Crippen LogP contribution in [0, 0.1) is 0 Å². The van der Waals surface area contributed by atoms with Gasteiger partial charge in [0, 0.05) is 26.1 Å². The Labute approximate surface area is 162 Å². The van der Waals surface area contributed by atoms with Gasteiger partial charge in [0.1, 0.15) is 6.04 Å². The fraction of sp³-hybridized carbons (Fsp3) is 0.474. The lowest BCUT2D eigenvalue weighted by Gasteiger charge is -2.27. The van der Waals surface area contributed by atoms with Crippen LogP contribution in [-0.4, -0.2) is 67.9 Å². The van der Waals surface area contributed by atoms with Crippen LogP contribution >= 0.6 is 0 Å². The van der Waals surface area contributed by atoms with Crippen LogP contribution in [0.3, 0.4) is 0 Å². The second-order valence-corrected chi connectivity index (χ2v) is 6.68. The second kappa shape index (κ2) is 9.05. The Bertz CT molecular complexity index is 795. The van der Waals surface area contributed by atoms with E-state index in [1.165, 1.54) is 0 Å². The highest BCUT2D eigenvalue weighted by atomic mass is 16.5. The molecule has 3 N–H and O–H groups in total. The number of rotatable bonds is 9. The molecule has 9 nitrogen and oxygen atoms in total. The molecule has 3 rings (SSSR count). The number of hydrogen-bond acceptors (Lipinski definition) is 7. The van der Waals surface area contributed by atoms with Crippen LogP contribution in [0.1, 0.15) is 39.1 Å². The van der Waals surface area contributed by atoms with Crippen LogP contribution in [0.5, 0.6) is 0 Å². The highest BCUT2D eigenvalue weighted by Gasteiger charge is 2.45. The number of carbonyl (C=O) groups is 4. The Morgan fingerprint density at radius 3 is 2.68 bits per heavy atom. The smallest absolute Gasteiger partial charge is 0.262 e. The summed E-state index contributed by atoms with van der Waals surface area (Å²) in [4.78, 5) is 50.2. The van der Waals surface area contributed by atoms with Crippen molar-refractivity contribution in [3.63, 3.8) is 0 Å². The van der Waals surface area contributed by atoms with Gasteiger partial charge in [0.15, 0.2) is 0 Å². The summed E-state index contributed by atoms with van der Waals surface area (Å²) in [5, 5.41) is 8.39. The third kappa shape index (κ3) is 4.11. The zero-order valence-corrected chi connectivity index (χ0v) is 15.7. The van der Waals surface area contributed by atoms with E-state index in [4.69, 9.17) is 4.74 Å². The number of hydrogen-bond donors (Lipinski definition) is 3. The minimum atomic E-state index is -0.952. The molecule has 0 spiro atoms. The number of nitrogens with zero attached hydrogens (tertiary/aromatic N) is 1. The summed E-state index contributed by atoms with van der Waals surface area (Å²) in [6, 6.07) is 4.14. The van der Waals surface area contributed by atoms with E-state index < -0.39 is 23.8 Å². The molecule has 1 aromatic carbocycles. The van der Waals surface area contributed by atoms with E-state index in [0.29, 0.717) is 43.0 Å². The number of nitrogens with one attached hydrogen (secondary N) is 3. The predicted octanol–water partition coefficient (Wildman–Crippen LogP) is -0.587. The number of fused-ring (bicyclic) bond motifs is 1. The fourth-order valence-electron chi connectivity index (χ4n) is 3.38. The van der Waals surface area contributed by atoms with Crippen molar-refractivity contribution in [1.29, 1.82) is 0 Å². The van der Waals surface area contributed by atoms with Crippen molar-refractivity contribution < 1.29 is 23.9 Å². The Kier molecular flexibility index (Phi) is 6.50. The van der Waals surface area contributed by atoms with Gasteiger partial charge in [0.25, 0.3) is 11.8 Å². The minimum Gasteiger partial charge on any atom is -0.379 e. The van der Waals surface area contributed by atoms with Crippen LogP contribution in [0.15, 0.2) is 18.2 Å². The first-order chi connectivity index (χ1) is 13.5. The number of imide groups is 2. The minimum absolute atomic E-state index is 0.103. The summed E-state index contributed by atoms with van der Waals surface area (Å²) in [7, 11) is 1.86. The predicted molar refractivity (Wildman–Crippen MR) is 99.6 cm³/mol. The van der Waals surface area contributed by atoms with Gasteiger partial charge < -0.3 is 15.4 Å². The molecule has 0 saturated carbocycles. The van der Waals surface area contributed by atoms with Crippen LogP contribution in [0.4, 0.5) is 0 Å². The number of benzene rings is 1. The van der Waals surface area contributed by atoms with Crippen molar-refractivity contribution in [3.05, 3.63) is 34.9 Å². The van der Waals surface area contributed by atoms with Crippen LogP contribution in [0.2, 0.25) is 0 Å². The first kappa shape index (κ1) is 20.1. The van der Waals surface area contributed by atoms with Gasteiger partial charge in [-0.3, -0.25) is 29.4 Å². The summed E-state index contributed by atoms with van der Waals surface area (Å²) < 4.78 is 5.43. The summed E-state index contributed by atoms with van der Waals surface area (Å²) >= 11 is 0. The van der Waals surface area contributed by atoms with E-state index in [1.807, 2.05) is 7.05 Å². The molecule has 2 aliphatic rings. The Hall–Kier alpha value is -2.62. The number of carbonyl (C=O) groups excluding carboxylic acids is 4. The lowest BCUT2D eigenvalue weighted by atomic mass is 10.0. The van der Waals surface area contributed by atoms with Gasteiger partial charge in [0.2, 0.25) is 11.8 Å². The molecule has 9 heteroatoms. The lowest BCUT2D eigenvalue weighted by molar-refractivity contribution is -0.136. The number of ether oxygens (including phenoxy) is 1. The highest BCUT2D eigenvalue weighted by Crippen LogP contribution is 2.29. The van der Waals surface area contributed by atoms with Crippen LogP contribution in [0.25, 0.3) is 0 Å². The van der Waals surface area contributed by atoms with E-state index >= 15 is 0 Å². The standard InChI is InChI=1S/C19H24N4O5/c1-20-7-9-28-10-8-21-11-12-3-2-4-13-16(12)19(27)23(18(13)26)14-5-6-15(24)22-17(14)25/h2-4,14,20-21H,5-11H2,1H3,(H,22,24,25). The molecule has 4 amide bonds. The van der Waals surface area contributed by atoms with E-state index in [1.54, 1.807) is 18.2 Å². The molecule has 28 heavy (non-hydrogen) atoms. The van der Waals surface area contributed by atoms with Gasteiger partial charge in [-0.15, -0.1) is 0 Å². The number of piperidine rings is 1. The molecular weight excluding hydrogens is 364 g/mol. The van der Waals surface area contributed by atoms with Gasteiger partial charge in [-0.05, 0) is 25.1 Å². The molecule has 1 atom stereocenters. The average molecular weight is 388 g/mol. The van der Waals surface area contributed by atoms with Crippen molar-refractivity contribution in [2.75, 3.05) is 33.4 Å². The van der Waals surface area contributed by atoms with Crippen molar-refractivity contribution in [2.24, 2.45) is 0 Å². The third-order valence-corrected chi connectivity index (χ3v) is 4.79. The van der Waals surface area contributed by atoms with Gasteiger partial charge in [-0.1, -0.05) is 12.1 Å². The molecule has 1 fully saturated rings. The third-order valence-electron chi connectivity index (χ3n) is 4.79. The van der Waals surface area contributed by atoms with Gasteiger partial charge in [-0.2, -0.15) is 0 Å². The maximum Gasteiger partial charge on any atom is 0.262 e. The Balaban J connectivity index is 1.66. The molecule has 1 saturated heterocycles. The Morgan fingerprint density at radius 2 is 1.93 bits per heavy atom. The summed E-state index contributed by atoms with van der Waals surface area (Å²) in [5.41, 5.74) is 1.31. The average Bonchev–Trinajstić information content (AvgIpc) is 2.93. The van der Waals surface area contributed by atoms with Crippen molar-refractivity contribution in [2.45, 2.75) is 25.4 Å². The molecule has 2 aliphatic heterocycles. The van der Waals surface area contributed by atoms with E-state index in [9.17, 15) is 19.2 Å². The zero-order valence-electron chi connectivity index (χ0n) is 15.7. The lowest BCUT2D eigenvalue weighted by Crippen LogP contribution is -2.54.